The van der Waals surface area contributed by atoms with Crippen molar-refractivity contribution < 1.29 is 29.0 Å². The molecule has 2 N–H and O–H groups in total. The zero-order valence-electron chi connectivity index (χ0n) is 19.7. The molecule has 1 aliphatic heterocycles. The molecule has 0 bridgehead atoms. The topological polar surface area (TPSA) is 105 Å². The Labute approximate surface area is 209 Å². The Balaban J connectivity index is 1.17. The molecule has 1 aliphatic carbocycles. The van der Waals surface area contributed by atoms with Crippen LogP contribution < -0.4 is 5.32 Å². The van der Waals surface area contributed by atoms with Crippen molar-refractivity contribution in [3.8, 4) is 11.1 Å². The van der Waals surface area contributed by atoms with Gasteiger partial charge in [0.05, 0.1) is 12.4 Å². The molecule has 1 unspecified atom stereocenters. The molecule has 1 heterocycles. The fourth-order valence-electron chi connectivity index (χ4n) is 4.84. The van der Waals surface area contributed by atoms with Crippen LogP contribution in [0.15, 0.2) is 48.5 Å². The predicted molar refractivity (Wildman–Crippen MR) is 134 cm³/mol. The van der Waals surface area contributed by atoms with E-state index in [4.69, 9.17) is 9.47 Å². The minimum absolute atomic E-state index is 0.0108. The SMILES string of the molecule is COCC1(C(=O)O)CCN(C(=O)CSCCNC(=O)OCC2c3ccccc3-c3ccccc32)C1. The van der Waals surface area contributed by atoms with Gasteiger partial charge in [0.25, 0.3) is 0 Å². The molecule has 0 spiro atoms. The third kappa shape index (κ3) is 5.46. The van der Waals surface area contributed by atoms with Gasteiger partial charge in [0.2, 0.25) is 5.91 Å². The zero-order valence-corrected chi connectivity index (χ0v) is 20.5. The molecule has 186 valence electrons. The maximum Gasteiger partial charge on any atom is 0.407 e. The first kappa shape index (κ1) is 25.1. The van der Waals surface area contributed by atoms with Gasteiger partial charge in [-0.15, -0.1) is 0 Å². The first-order valence-electron chi connectivity index (χ1n) is 11.6. The number of carbonyl (C=O) groups is 3. The summed E-state index contributed by atoms with van der Waals surface area (Å²) < 4.78 is 10.6. The number of likely N-dealkylation sites (tertiary alicyclic amines) is 1. The summed E-state index contributed by atoms with van der Waals surface area (Å²) in [5.41, 5.74) is 3.66. The van der Waals surface area contributed by atoms with Gasteiger partial charge in [-0.25, -0.2) is 4.79 Å². The lowest BCUT2D eigenvalue weighted by molar-refractivity contribution is -0.151. The van der Waals surface area contributed by atoms with Gasteiger partial charge >= 0.3 is 12.1 Å². The molecule has 2 aliphatic rings. The van der Waals surface area contributed by atoms with E-state index in [9.17, 15) is 19.5 Å². The summed E-state index contributed by atoms with van der Waals surface area (Å²) in [5, 5.41) is 12.3. The number of carbonyl (C=O) groups excluding carboxylic acids is 2. The van der Waals surface area contributed by atoms with Crippen LogP contribution in [-0.4, -0.2) is 79.4 Å². The van der Waals surface area contributed by atoms with Crippen molar-refractivity contribution in [3.63, 3.8) is 0 Å². The minimum atomic E-state index is -1.03. The number of hydrogen-bond acceptors (Lipinski definition) is 6. The highest BCUT2D eigenvalue weighted by Crippen LogP contribution is 2.44. The number of aliphatic carboxylic acids is 1. The number of methoxy groups -OCH3 is 1. The van der Waals surface area contributed by atoms with Gasteiger partial charge in [-0.1, -0.05) is 48.5 Å². The van der Waals surface area contributed by atoms with Crippen molar-refractivity contribution >= 4 is 29.7 Å². The molecular formula is C26H30N2O6S. The third-order valence-corrected chi connectivity index (χ3v) is 7.61. The summed E-state index contributed by atoms with van der Waals surface area (Å²) in [4.78, 5) is 37.9. The third-order valence-electron chi connectivity index (χ3n) is 6.67. The van der Waals surface area contributed by atoms with Crippen molar-refractivity contribution in [2.75, 3.05) is 51.5 Å². The smallest absolute Gasteiger partial charge is 0.407 e. The molecule has 9 heteroatoms. The van der Waals surface area contributed by atoms with Gasteiger partial charge in [-0.05, 0) is 28.7 Å². The molecule has 1 atom stereocenters. The summed E-state index contributed by atoms with van der Waals surface area (Å²) in [6.07, 6.45) is -0.0974. The van der Waals surface area contributed by atoms with E-state index >= 15 is 0 Å². The van der Waals surface area contributed by atoms with E-state index in [2.05, 4.69) is 29.6 Å². The number of carboxylic acids is 1. The number of fused-ring (bicyclic) bond motifs is 3. The lowest BCUT2D eigenvalue weighted by Gasteiger charge is -2.23. The Kier molecular flexibility index (Phi) is 7.97. The van der Waals surface area contributed by atoms with Crippen LogP contribution >= 0.6 is 11.8 Å². The Bertz CT molecular complexity index is 1050. The Morgan fingerprint density at radius 2 is 1.77 bits per heavy atom. The number of hydrogen-bond donors (Lipinski definition) is 2. The van der Waals surface area contributed by atoms with Crippen LogP contribution in [0.3, 0.4) is 0 Å². The van der Waals surface area contributed by atoms with Crippen LogP contribution in [0.5, 0.6) is 0 Å². The van der Waals surface area contributed by atoms with E-state index in [0.717, 1.165) is 11.1 Å². The maximum atomic E-state index is 12.5. The quantitative estimate of drug-likeness (QED) is 0.485. The summed E-state index contributed by atoms with van der Waals surface area (Å²) >= 11 is 1.40. The summed E-state index contributed by atoms with van der Waals surface area (Å²) in [5.74, 6) is -0.248. The van der Waals surface area contributed by atoms with E-state index in [-0.39, 0.29) is 37.3 Å². The average molecular weight is 499 g/mol. The van der Waals surface area contributed by atoms with Crippen molar-refractivity contribution in [1.29, 1.82) is 0 Å². The van der Waals surface area contributed by atoms with Crippen LogP contribution in [0.1, 0.15) is 23.5 Å². The standard InChI is InChI=1S/C26H30N2O6S/c1-33-17-26(24(30)31)10-12-28(16-26)23(29)15-35-13-11-27-25(32)34-14-22-20-8-4-2-6-18(20)19-7-3-5-9-21(19)22/h2-9,22H,10-17H2,1H3,(H,27,32)(H,30,31). The van der Waals surface area contributed by atoms with Crippen molar-refractivity contribution in [3.05, 3.63) is 59.7 Å². The number of carboxylic acid groups (broad SMARTS) is 1. The second-order valence-electron chi connectivity index (χ2n) is 8.89. The summed E-state index contributed by atoms with van der Waals surface area (Å²) in [7, 11) is 1.47. The van der Waals surface area contributed by atoms with Crippen LogP contribution in [0.4, 0.5) is 4.79 Å². The first-order chi connectivity index (χ1) is 16.9. The fourth-order valence-corrected chi connectivity index (χ4v) is 5.59. The van der Waals surface area contributed by atoms with E-state index in [1.807, 2.05) is 24.3 Å². The van der Waals surface area contributed by atoms with Crippen molar-refractivity contribution in [2.45, 2.75) is 12.3 Å². The number of nitrogens with zero attached hydrogens (tertiary/aromatic N) is 1. The van der Waals surface area contributed by atoms with Crippen molar-refractivity contribution in [1.82, 2.24) is 10.2 Å². The van der Waals surface area contributed by atoms with Crippen LogP contribution in [0, 0.1) is 5.41 Å². The molecule has 4 rings (SSSR count). The van der Waals surface area contributed by atoms with E-state index < -0.39 is 17.5 Å². The highest BCUT2D eigenvalue weighted by atomic mass is 32.2. The maximum absolute atomic E-state index is 12.5. The molecule has 0 saturated carbocycles. The van der Waals surface area contributed by atoms with Gasteiger partial charge in [-0.2, -0.15) is 11.8 Å². The second kappa shape index (κ2) is 11.1. The number of benzene rings is 2. The number of amides is 2. The van der Waals surface area contributed by atoms with Gasteiger partial charge < -0.3 is 24.8 Å². The van der Waals surface area contributed by atoms with Gasteiger partial charge in [0.15, 0.2) is 0 Å². The monoisotopic (exact) mass is 498 g/mol. The molecule has 0 aromatic heterocycles. The van der Waals surface area contributed by atoms with Crippen LogP contribution in [0.2, 0.25) is 0 Å². The highest BCUT2D eigenvalue weighted by molar-refractivity contribution is 7.99. The highest BCUT2D eigenvalue weighted by Gasteiger charge is 2.46. The largest absolute Gasteiger partial charge is 0.481 e. The van der Waals surface area contributed by atoms with E-state index in [1.54, 1.807) is 4.90 Å². The van der Waals surface area contributed by atoms with E-state index in [0.29, 0.717) is 25.3 Å². The number of rotatable bonds is 10. The van der Waals surface area contributed by atoms with Gasteiger partial charge in [0, 0.05) is 38.4 Å². The molecule has 35 heavy (non-hydrogen) atoms. The molecule has 1 fully saturated rings. The molecular weight excluding hydrogens is 468 g/mol. The van der Waals surface area contributed by atoms with Crippen LogP contribution in [-0.2, 0) is 19.1 Å². The Morgan fingerprint density at radius 1 is 1.11 bits per heavy atom. The zero-order chi connectivity index (χ0) is 24.8. The lowest BCUT2D eigenvalue weighted by Crippen LogP contribution is -2.40. The first-order valence-corrected chi connectivity index (χ1v) is 12.8. The number of nitrogens with one attached hydrogen (secondary N) is 1. The van der Waals surface area contributed by atoms with Gasteiger partial charge in [0.1, 0.15) is 12.0 Å². The molecule has 0 radical (unpaired) electrons. The molecule has 2 aromatic carbocycles. The number of alkyl carbamates (subject to hydrolysis) is 1. The predicted octanol–water partition coefficient (Wildman–Crippen LogP) is 3.21. The van der Waals surface area contributed by atoms with E-state index in [1.165, 1.54) is 30.0 Å². The fraction of sp³-hybridized carbons (Fsp3) is 0.423. The van der Waals surface area contributed by atoms with Crippen molar-refractivity contribution in [2.24, 2.45) is 5.41 Å². The lowest BCUT2D eigenvalue weighted by atomic mass is 9.88. The number of ether oxygens (including phenoxy) is 2. The summed E-state index contributed by atoms with van der Waals surface area (Å²) in [6.45, 7) is 1.29. The molecule has 1 saturated heterocycles. The summed E-state index contributed by atoms with van der Waals surface area (Å²) in [6, 6.07) is 16.4. The van der Waals surface area contributed by atoms with Gasteiger partial charge in [-0.3, -0.25) is 9.59 Å². The second-order valence-corrected chi connectivity index (χ2v) is 9.99. The molecule has 2 amide bonds. The Morgan fingerprint density at radius 3 is 2.40 bits per heavy atom. The van der Waals surface area contributed by atoms with Crippen LogP contribution in [0.25, 0.3) is 11.1 Å². The average Bonchev–Trinajstić information content (AvgIpc) is 3.43. The molecule has 8 nitrogen and oxygen atoms in total. The number of thioether (sulfide) groups is 1. The normalized spacial score (nSPS) is 18.7. The molecule has 2 aromatic rings. The minimum Gasteiger partial charge on any atom is -0.481 e. The Hall–Kier alpha value is -3.04.